The van der Waals surface area contributed by atoms with Gasteiger partial charge in [-0.05, 0) is 39.7 Å². The van der Waals surface area contributed by atoms with Crippen molar-refractivity contribution in [3.63, 3.8) is 0 Å². The zero-order valence-corrected chi connectivity index (χ0v) is 12.6. The Balaban J connectivity index is 2.41. The summed E-state index contributed by atoms with van der Waals surface area (Å²) in [6.07, 6.45) is -1.08. The molecule has 0 aromatic heterocycles. The molecule has 0 heterocycles. The van der Waals surface area contributed by atoms with Gasteiger partial charge in [0.15, 0.2) is 11.6 Å². The Morgan fingerprint density at radius 1 is 1.10 bits per heavy atom. The van der Waals surface area contributed by atoms with Crippen LogP contribution in [0.25, 0.3) is 0 Å². The van der Waals surface area contributed by atoms with Crippen LogP contribution in [-0.2, 0) is 0 Å². The molecule has 1 atom stereocenters. The lowest BCUT2D eigenvalue weighted by atomic mass is 10.0. The lowest BCUT2D eigenvalue weighted by Gasteiger charge is -2.15. The molecule has 2 aromatic carbocycles. The van der Waals surface area contributed by atoms with Gasteiger partial charge in [0.1, 0.15) is 11.9 Å². The first-order chi connectivity index (χ1) is 9.58. The Morgan fingerprint density at radius 3 is 2.40 bits per heavy atom. The van der Waals surface area contributed by atoms with Crippen LogP contribution in [0, 0.1) is 5.82 Å². The highest BCUT2D eigenvalue weighted by atomic mass is 79.9. The van der Waals surface area contributed by atoms with E-state index in [0.29, 0.717) is 15.8 Å². The summed E-state index contributed by atoms with van der Waals surface area (Å²) in [5.74, 6) is 0.190. The fourth-order valence-electron chi connectivity index (χ4n) is 1.93. The van der Waals surface area contributed by atoms with Gasteiger partial charge < -0.3 is 14.6 Å². The second-order valence-electron chi connectivity index (χ2n) is 4.16. The summed E-state index contributed by atoms with van der Waals surface area (Å²) < 4.78 is 24.9. The van der Waals surface area contributed by atoms with Crippen LogP contribution in [0.2, 0.25) is 0 Å². The molecule has 0 saturated heterocycles. The van der Waals surface area contributed by atoms with Gasteiger partial charge >= 0.3 is 0 Å². The normalized spacial score (nSPS) is 12.1. The van der Waals surface area contributed by atoms with Crippen LogP contribution in [0.5, 0.6) is 11.5 Å². The summed E-state index contributed by atoms with van der Waals surface area (Å²) >= 11 is 3.34. The van der Waals surface area contributed by atoms with Crippen molar-refractivity contribution in [3.05, 3.63) is 57.8 Å². The van der Waals surface area contributed by atoms with Gasteiger partial charge in [-0.2, -0.15) is 0 Å². The van der Waals surface area contributed by atoms with Crippen molar-refractivity contribution in [2.24, 2.45) is 0 Å². The molecule has 106 valence electrons. The van der Waals surface area contributed by atoms with Gasteiger partial charge in [-0.1, -0.05) is 18.2 Å². The molecule has 5 heteroatoms. The highest BCUT2D eigenvalue weighted by Gasteiger charge is 2.18. The van der Waals surface area contributed by atoms with Crippen molar-refractivity contribution in [2.45, 2.75) is 6.10 Å². The number of rotatable bonds is 4. The van der Waals surface area contributed by atoms with Gasteiger partial charge in [0, 0.05) is 5.56 Å². The summed E-state index contributed by atoms with van der Waals surface area (Å²) in [6.45, 7) is 0. The highest BCUT2D eigenvalue weighted by Crippen LogP contribution is 2.33. The standard InChI is InChI=1S/C15H14BrFO3/c1-19-12-7-6-9(8-11(12)16)15(18)10-4-3-5-13(20-2)14(10)17/h3-8,15,18H,1-2H3. The van der Waals surface area contributed by atoms with E-state index in [2.05, 4.69) is 15.9 Å². The van der Waals surface area contributed by atoms with Crippen LogP contribution in [-0.4, -0.2) is 19.3 Å². The van der Waals surface area contributed by atoms with Crippen LogP contribution in [0.3, 0.4) is 0 Å². The number of benzene rings is 2. The van der Waals surface area contributed by atoms with E-state index in [4.69, 9.17) is 9.47 Å². The van der Waals surface area contributed by atoms with E-state index in [1.807, 2.05) is 0 Å². The van der Waals surface area contributed by atoms with E-state index in [1.54, 1.807) is 31.4 Å². The Labute approximate surface area is 125 Å². The highest BCUT2D eigenvalue weighted by molar-refractivity contribution is 9.10. The number of aliphatic hydroxyl groups is 1. The van der Waals surface area contributed by atoms with Crippen LogP contribution >= 0.6 is 15.9 Å². The van der Waals surface area contributed by atoms with Gasteiger partial charge in [-0.25, -0.2) is 4.39 Å². The molecule has 1 unspecified atom stereocenters. The molecule has 0 amide bonds. The first kappa shape index (κ1) is 14.8. The molecule has 0 saturated carbocycles. The molecule has 2 rings (SSSR count). The van der Waals surface area contributed by atoms with E-state index in [1.165, 1.54) is 19.2 Å². The van der Waals surface area contributed by atoms with Crippen molar-refractivity contribution in [3.8, 4) is 11.5 Å². The maximum absolute atomic E-state index is 14.1. The second kappa shape index (κ2) is 6.24. The number of ether oxygens (including phenoxy) is 2. The third-order valence-corrected chi connectivity index (χ3v) is 3.62. The molecule has 20 heavy (non-hydrogen) atoms. The Hall–Kier alpha value is -1.59. The van der Waals surface area contributed by atoms with Gasteiger partial charge in [-0.3, -0.25) is 0 Å². The average Bonchev–Trinajstić information content (AvgIpc) is 2.46. The fraction of sp³-hybridized carbons (Fsp3) is 0.200. The van der Waals surface area contributed by atoms with E-state index < -0.39 is 11.9 Å². The third kappa shape index (κ3) is 2.78. The number of methoxy groups -OCH3 is 2. The Bertz CT molecular complexity index is 616. The monoisotopic (exact) mass is 340 g/mol. The zero-order chi connectivity index (χ0) is 14.7. The fourth-order valence-corrected chi connectivity index (χ4v) is 2.49. The van der Waals surface area contributed by atoms with Crippen LogP contribution < -0.4 is 9.47 Å². The van der Waals surface area contributed by atoms with Crippen molar-refractivity contribution in [2.75, 3.05) is 14.2 Å². The SMILES string of the molecule is COc1ccc(C(O)c2cccc(OC)c2F)cc1Br. The summed E-state index contributed by atoms with van der Waals surface area (Å²) in [5, 5.41) is 10.3. The van der Waals surface area contributed by atoms with Crippen molar-refractivity contribution >= 4 is 15.9 Å². The Kier molecular flexibility index (Phi) is 4.62. The third-order valence-electron chi connectivity index (χ3n) is 3.00. The molecule has 0 aliphatic heterocycles. The lowest BCUT2D eigenvalue weighted by molar-refractivity contribution is 0.213. The van der Waals surface area contributed by atoms with Crippen LogP contribution in [0.15, 0.2) is 40.9 Å². The smallest absolute Gasteiger partial charge is 0.171 e. The maximum atomic E-state index is 14.1. The number of hydrogen-bond acceptors (Lipinski definition) is 3. The minimum absolute atomic E-state index is 0.106. The maximum Gasteiger partial charge on any atom is 0.171 e. The Morgan fingerprint density at radius 2 is 1.80 bits per heavy atom. The van der Waals surface area contributed by atoms with Crippen LogP contribution in [0.1, 0.15) is 17.2 Å². The molecule has 2 aromatic rings. The minimum atomic E-state index is -1.08. The van der Waals surface area contributed by atoms with Crippen molar-refractivity contribution in [1.82, 2.24) is 0 Å². The molecule has 0 bridgehead atoms. The predicted octanol–water partition coefficient (Wildman–Crippen LogP) is 3.69. The minimum Gasteiger partial charge on any atom is -0.496 e. The van der Waals surface area contributed by atoms with Gasteiger partial charge in [-0.15, -0.1) is 0 Å². The first-order valence-corrected chi connectivity index (χ1v) is 6.71. The van der Waals surface area contributed by atoms with E-state index in [9.17, 15) is 9.50 Å². The van der Waals surface area contributed by atoms with E-state index in [0.717, 1.165) is 0 Å². The summed E-state index contributed by atoms with van der Waals surface area (Å²) in [7, 11) is 2.94. The van der Waals surface area contributed by atoms with Gasteiger partial charge in [0.2, 0.25) is 0 Å². The van der Waals surface area contributed by atoms with Crippen molar-refractivity contribution < 1.29 is 19.0 Å². The summed E-state index contributed by atoms with van der Waals surface area (Å²) in [6, 6.07) is 9.77. The van der Waals surface area contributed by atoms with E-state index >= 15 is 0 Å². The molecule has 0 spiro atoms. The summed E-state index contributed by atoms with van der Waals surface area (Å²) in [4.78, 5) is 0. The number of halogens is 2. The summed E-state index contributed by atoms with van der Waals surface area (Å²) in [5.41, 5.74) is 0.728. The molecular formula is C15H14BrFO3. The first-order valence-electron chi connectivity index (χ1n) is 5.92. The quantitative estimate of drug-likeness (QED) is 0.922. The number of hydrogen-bond donors (Lipinski definition) is 1. The molecule has 0 fully saturated rings. The zero-order valence-electron chi connectivity index (χ0n) is 11.1. The van der Waals surface area contributed by atoms with Gasteiger partial charge in [0.25, 0.3) is 0 Å². The van der Waals surface area contributed by atoms with E-state index in [-0.39, 0.29) is 11.3 Å². The second-order valence-corrected chi connectivity index (χ2v) is 5.01. The molecule has 3 nitrogen and oxygen atoms in total. The van der Waals surface area contributed by atoms with Gasteiger partial charge in [0.05, 0.1) is 18.7 Å². The predicted molar refractivity (Wildman–Crippen MR) is 77.7 cm³/mol. The molecule has 0 aliphatic rings. The van der Waals surface area contributed by atoms with Crippen LogP contribution in [0.4, 0.5) is 4.39 Å². The molecule has 1 N–H and O–H groups in total. The topological polar surface area (TPSA) is 38.7 Å². The molecular weight excluding hydrogens is 327 g/mol. The average molecular weight is 341 g/mol. The molecule has 0 aliphatic carbocycles. The molecule has 0 radical (unpaired) electrons. The van der Waals surface area contributed by atoms with Crippen molar-refractivity contribution in [1.29, 1.82) is 0 Å². The largest absolute Gasteiger partial charge is 0.496 e. The lowest BCUT2D eigenvalue weighted by Crippen LogP contribution is -2.04. The number of aliphatic hydroxyl groups excluding tert-OH is 1.